The number of esters is 1. The van der Waals surface area contributed by atoms with E-state index in [1.807, 2.05) is 13.8 Å². The molecule has 1 aliphatic heterocycles. The van der Waals surface area contributed by atoms with Crippen LogP contribution < -0.4 is 0 Å². The van der Waals surface area contributed by atoms with E-state index in [0.717, 1.165) is 0 Å². The number of amides is 1. The van der Waals surface area contributed by atoms with E-state index in [1.165, 1.54) is 4.90 Å². The molecule has 1 saturated heterocycles. The highest BCUT2D eigenvalue weighted by Crippen LogP contribution is 2.08. The van der Waals surface area contributed by atoms with Crippen molar-refractivity contribution >= 4 is 12.1 Å². The second-order valence-electron chi connectivity index (χ2n) is 2.46. The van der Waals surface area contributed by atoms with Crippen LogP contribution in [-0.4, -0.2) is 29.5 Å². The Balaban J connectivity index is 2.63. The van der Waals surface area contributed by atoms with E-state index in [1.54, 1.807) is 0 Å². The molecule has 56 valence electrons. The van der Waals surface area contributed by atoms with Gasteiger partial charge in [-0.3, -0.25) is 4.90 Å². The Hall–Kier alpha value is -1.06. The third kappa shape index (κ3) is 1.10. The van der Waals surface area contributed by atoms with Crippen LogP contribution >= 0.6 is 0 Å². The second-order valence-corrected chi connectivity index (χ2v) is 2.46. The molecular formula is C6H9NO3. The molecule has 10 heavy (non-hydrogen) atoms. The zero-order valence-corrected chi connectivity index (χ0v) is 5.96. The number of hydrogen-bond acceptors (Lipinski definition) is 3. The molecule has 0 aliphatic carbocycles. The lowest BCUT2D eigenvalue weighted by molar-refractivity contribution is -0.132. The first-order valence-corrected chi connectivity index (χ1v) is 3.12. The number of carbonyl (C=O) groups excluding carboxylic acids is 2. The summed E-state index contributed by atoms with van der Waals surface area (Å²) in [5, 5.41) is 0. The predicted molar refractivity (Wildman–Crippen MR) is 33.3 cm³/mol. The first kappa shape index (κ1) is 7.05. The molecule has 0 aromatic heterocycles. The van der Waals surface area contributed by atoms with Crippen LogP contribution in [0, 0.1) is 0 Å². The topological polar surface area (TPSA) is 46.6 Å². The van der Waals surface area contributed by atoms with Gasteiger partial charge in [0, 0.05) is 6.04 Å². The lowest BCUT2D eigenvalue weighted by Gasteiger charge is -2.14. The molecule has 4 heteroatoms. The molecule has 0 bridgehead atoms. The van der Waals surface area contributed by atoms with Crippen molar-refractivity contribution in [2.24, 2.45) is 0 Å². The van der Waals surface area contributed by atoms with Crippen molar-refractivity contribution in [3.05, 3.63) is 0 Å². The Kier molecular flexibility index (Phi) is 1.61. The first-order valence-electron chi connectivity index (χ1n) is 3.12. The van der Waals surface area contributed by atoms with Crippen LogP contribution in [0.25, 0.3) is 0 Å². The maximum Gasteiger partial charge on any atom is 0.418 e. The summed E-state index contributed by atoms with van der Waals surface area (Å²) in [6.45, 7) is 3.76. The molecule has 1 heterocycles. The van der Waals surface area contributed by atoms with Gasteiger partial charge in [0.1, 0.15) is 6.54 Å². The van der Waals surface area contributed by atoms with E-state index in [4.69, 9.17) is 0 Å². The molecule has 0 N–H and O–H groups in total. The lowest BCUT2D eigenvalue weighted by Crippen LogP contribution is -2.31. The summed E-state index contributed by atoms with van der Waals surface area (Å²) in [6.07, 6.45) is -0.528. The van der Waals surface area contributed by atoms with Gasteiger partial charge in [0.05, 0.1) is 0 Å². The fourth-order valence-corrected chi connectivity index (χ4v) is 0.785. The number of nitrogens with zero attached hydrogens (tertiary/aromatic N) is 1. The van der Waals surface area contributed by atoms with Crippen LogP contribution in [0.5, 0.6) is 0 Å². The molecule has 1 aliphatic rings. The van der Waals surface area contributed by atoms with Gasteiger partial charge in [0.2, 0.25) is 0 Å². The molecule has 0 aromatic rings. The summed E-state index contributed by atoms with van der Waals surface area (Å²) in [5.41, 5.74) is 0. The van der Waals surface area contributed by atoms with Crippen molar-refractivity contribution in [1.82, 2.24) is 4.90 Å². The molecule has 0 aromatic carbocycles. The fourth-order valence-electron chi connectivity index (χ4n) is 0.785. The van der Waals surface area contributed by atoms with Crippen molar-refractivity contribution in [1.29, 1.82) is 0 Å². The molecular weight excluding hydrogens is 134 g/mol. The Labute approximate surface area is 58.8 Å². The summed E-state index contributed by atoms with van der Waals surface area (Å²) in [4.78, 5) is 22.6. The summed E-state index contributed by atoms with van der Waals surface area (Å²) in [5.74, 6) is -0.460. The minimum Gasteiger partial charge on any atom is -0.375 e. The smallest absolute Gasteiger partial charge is 0.375 e. The third-order valence-electron chi connectivity index (χ3n) is 1.36. The van der Waals surface area contributed by atoms with E-state index in [0.29, 0.717) is 0 Å². The SMILES string of the molecule is CC(C)N1CC(=O)OC1=O. The molecule has 1 fully saturated rings. The largest absolute Gasteiger partial charge is 0.418 e. The number of hydrogen-bond donors (Lipinski definition) is 0. The second kappa shape index (κ2) is 2.28. The summed E-state index contributed by atoms with van der Waals surface area (Å²) >= 11 is 0. The van der Waals surface area contributed by atoms with Gasteiger partial charge >= 0.3 is 12.1 Å². The van der Waals surface area contributed by atoms with Gasteiger partial charge in [-0.05, 0) is 13.8 Å². The maximum atomic E-state index is 10.7. The predicted octanol–water partition coefficient (Wildman–Crippen LogP) is 0.374. The van der Waals surface area contributed by atoms with Crippen molar-refractivity contribution in [3.8, 4) is 0 Å². The monoisotopic (exact) mass is 143 g/mol. The summed E-state index contributed by atoms with van der Waals surface area (Å²) in [7, 11) is 0. The van der Waals surface area contributed by atoms with Crippen LogP contribution in [0.1, 0.15) is 13.8 Å². The molecule has 0 saturated carbocycles. The van der Waals surface area contributed by atoms with Gasteiger partial charge in [-0.1, -0.05) is 0 Å². The van der Waals surface area contributed by atoms with Gasteiger partial charge in [0.15, 0.2) is 0 Å². The Morgan fingerprint density at radius 1 is 1.50 bits per heavy atom. The fraction of sp³-hybridized carbons (Fsp3) is 0.667. The first-order chi connectivity index (χ1) is 4.61. The van der Waals surface area contributed by atoms with Crippen LogP contribution in [0.3, 0.4) is 0 Å². The zero-order chi connectivity index (χ0) is 7.72. The average Bonchev–Trinajstić information content (AvgIpc) is 2.10. The number of carbonyl (C=O) groups is 2. The summed E-state index contributed by atoms with van der Waals surface area (Å²) in [6, 6.07) is 0.0407. The van der Waals surface area contributed by atoms with Gasteiger partial charge in [0.25, 0.3) is 0 Å². The Morgan fingerprint density at radius 3 is 2.30 bits per heavy atom. The zero-order valence-electron chi connectivity index (χ0n) is 5.96. The maximum absolute atomic E-state index is 10.7. The van der Waals surface area contributed by atoms with Gasteiger partial charge < -0.3 is 4.74 Å². The highest BCUT2D eigenvalue weighted by molar-refractivity contribution is 5.92. The van der Waals surface area contributed by atoms with Crippen LogP contribution in [0.4, 0.5) is 4.79 Å². The average molecular weight is 143 g/mol. The van der Waals surface area contributed by atoms with Crippen LogP contribution in [-0.2, 0) is 9.53 Å². The molecule has 1 rings (SSSR count). The minimum atomic E-state index is -0.528. The van der Waals surface area contributed by atoms with Gasteiger partial charge in [-0.25, -0.2) is 9.59 Å². The van der Waals surface area contributed by atoms with Gasteiger partial charge in [-0.2, -0.15) is 0 Å². The number of rotatable bonds is 1. The Bertz CT molecular complexity index is 176. The molecule has 0 spiro atoms. The standard InChI is InChI=1S/C6H9NO3/c1-4(2)7-3-5(8)10-6(7)9/h4H,3H2,1-2H3. The van der Waals surface area contributed by atoms with E-state index in [9.17, 15) is 9.59 Å². The lowest BCUT2D eigenvalue weighted by atomic mass is 10.3. The molecule has 0 unspecified atom stereocenters. The number of ether oxygens (including phenoxy) is 1. The molecule has 0 radical (unpaired) electrons. The molecule has 0 atom stereocenters. The van der Waals surface area contributed by atoms with E-state index in [2.05, 4.69) is 4.74 Å². The van der Waals surface area contributed by atoms with Crippen molar-refractivity contribution in [3.63, 3.8) is 0 Å². The van der Waals surface area contributed by atoms with Crippen molar-refractivity contribution in [2.75, 3.05) is 6.54 Å². The highest BCUT2D eigenvalue weighted by atomic mass is 16.6. The number of cyclic esters (lactones) is 2. The van der Waals surface area contributed by atoms with Crippen LogP contribution in [0.2, 0.25) is 0 Å². The van der Waals surface area contributed by atoms with Crippen LogP contribution in [0.15, 0.2) is 0 Å². The highest BCUT2D eigenvalue weighted by Gasteiger charge is 2.31. The normalized spacial score (nSPS) is 18.5. The quantitative estimate of drug-likeness (QED) is 0.393. The third-order valence-corrected chi connectivity index (χ3v) is 1.36. The molecule has 4 nitrogen and oxygen atoms in total. The minimum absolute atomic E-state index is 0.0407. The Morgan fingerprint density at radius 2 is 2.10 bits per heavy atom. The van der Waals surface area contributed by atoms with E-state index < -0.39 is 12.1 Å². The van der Waals surface area contributed by atoms with E-state index in [-0.39, 0.29) is 12.6 Å². The van der Waals surface area contributed by atoms with Crippen molar-refractivity contribution < 1.29 is 14.3 Å². The summed E-state index contributed by atoms with van der Waals surface area (Å²) < 4.78 is 4.28. The molecule has 1 amide bonds. The van der Waals surface area contributed by atoms with E-state index >= 15 is 0 Å². The van der Waals surface area contributed by atoms with Gasteiger partial charge in [-0.15, -0.1) is 0 Å². The van der Waals surface area contributed by atoms with Crippen molar-refractivity contribution in [2.45, 2.75) is 19.9 Å².